The van der Waals surface area contributed by atoms with Crippen LogP contribution in [0.15, 0.2) is 30.3 Å². The minimum absolute atomic E-state index is 0.208. The number of carbonyl (C=O) groups is 3. The van der Waals surface area contributed by atoms with Crippen molar-refractivity contribution in [3.05, 3.63) is 35.9 Å². The van der Waals surface area contributed by atoms with E-state index in [0.29, 0.717) is 32.1 Å². The Hall–Kier alpha value is -3.01. The minimum atomic E-state index is -0.497. The number of nitrogens with two attached hydrogens (primary N) is 1. The lowest BCUT2D eigenvalue weighted by molar-refractivity contribution is 0.0158. The minimum Gasteiger partial charge on any atom is -0.445 e. The van der Waals surface area contributed by atoms with Crippen LogP contribution >= 0.6 is 0 Å². The van der Waals surface area contributed by atoms with Gasteiger partial charge in [-0.15, -0.1) is 0 Å². The van der Waals surface area contributed by atoms with E-state index in [9.17, 15) is 14.4 Å². The highest BCUT2D eigenvalue weighted by Crippen LogP contribution is 2.20. The van der Waals surface area contributed by atoms with E-state index in [0.717, 1.165) is 44.3 Å². The number of piperidine rings is 2. The lowest BCUT2D eigenvalue weighted by Crippen LogP contribution is -2.45. The standard InChI is InChI=1S/C19H28N2O4.C11H22N2O2/c1-19(2,3)25-18(23)21-11-7-10-16(13-21)12-20-17(22)24-14-15-8-5-4-6-9-15;1-11(2,3)15-10(14)13-6-4-5-9(7-12)8-13/h4-6,8-9,16H,7,10-14H2,1-3H3,(H,20,22);9H,4-8,12H2,1-3H3. The fourth-order valence-electron chi connectivity index (χ4n) is 4.48. The van der Waals surface area contributed by atoms with Crippen molar-refractivity contribution in [1.29, 1.82) is 0 Å². The molecule has 0 saturated carbocycles. The van der Waals surface area contributed by atoms with Crippen LogP contribution in [0.2, 0.25) is 0 Å². The van der Waals surface area contributed by atoms with Crippen molar-refractivity contribution in [2.75, 3.05) is 39.3 Å². The number of nitrogens with zero attached hydrogens (tertiary/aromatic N) is 2. The number of nitrogens with one attached hydrogen (secondary N) is 1. The summed E-state index contributed by atoms with van der Waals surface area (Å²) in [7, 11) is 0. The van der Waals surface area contributed by atoms with Gasteiger partial charge < -0.3 is 35.1 Å². The zero-order chi connectivity index (χ0) is 29.8. The molecule has 0 aromatic heterocycles. The van der Waals surface area contributed by atoms with Crippen LogP contribution in [0.25, 0.3) is 0 Å². The SMILES string of the molecule is CC(C)(C)OC(=O)N1CCCC(CN)C1.CC(C)(C)OC(=O)N1CCCC(CNC(=O)OCc2ccccc2)C1. The predicted octanol–water partition coefficient (Wildman–Crippen LogP) is 5.15. The third kappa shape index (κ3) is 13.4. The molecule has 2 fully saturated rings. The molecule has 10 heteroatoms. The van der Waals surface area contributed by atoms with Crippen LogP contribution in [0, 0.1) is 11.8 Å². The first-order valence-electron chi connectivity index (χ1n) is 14.4. The van der Waals surface area contributed by atoms with Gasteiger partial charge in [-0.3, -0.25) is 0 Å². The van der Waals surface area contributed by atoms with Crippen molar-refractivity contribution >= 4 is 18.3 Å². The first kappa shape index (κ1) is 33.2. The van der Waals surface area contributed by atoms with Gasteiger partial charge in [0.05, 0.1) is 0 Å². The summed E-state index contributed by atoms with van der Waals surface area (Å²) >= 11 is 0. The summed E-state index contributed by atoms with van der Waals surface area (Å²) in [5, 5.41) is 2.79. The Balaban J connectivity index is 0.000000319. The normalized spacial score (nSPS) is 19.6. The average Bonchev–Trinajstić information content (AvgIpc) is 2.90. The second kappa shape index (κ2) is 15.7. The molecule has 2 saturated heterocycles. The molecule has 0 spiro atoms. The highest BCUT2D eigenvalue weighted by molar-refractivity contribution is 5.69. The molecule has 3 rings (SSSR count). The van der Waals surface area contributed by atoms with Crippen molar-refractivity contribution in [3.8, 4) is 0 Å². The van der Waals surface area contributed by atoms with Gasteiger partial charge in [0.2, 0.25) is 0 Å². The summed E-state index contributed by atoms with van der Waals surface area (Å²) in [4.78, 5) is 39.2. The number of carbonyl (C=O) groups excluding carboxylic acids is 3. The van der Waals surface area contributed by atoms with E-state index in [2.05, 4.69) is 5.32 Å². The molecule has 2 unspecified atom stereocenters. The van der Waals surface area contributed by atoms with Crippen molar-refractivity contribution in [2.45, 2.75) is 85.0 Å². The molecule has 0 bridgehead atoms. The number of alkyl carbamates (subject to hydrolysis) is 1. The molecule has 2 aliphatic heterocycles. The monoisotopic (exact) mass is 562 g/mol. The third-order valence-corrected chi connectivity index (χ3v) is 6.42. The Morgan fingerprint density at radius 2 is 1.35 bits per heavy atom. The molecule has 1 aromatic carbocycles. The summed E-state index contributed by atoms with van der Waals surface area (Å²) in [6, 6.07) is 9.55. The summed E-state index contributed by atoms with van der Waals surface area (Å²) in [6.07, 6.45) is 3.10. The van der Waals surface area contributed by atoms with Gasteiger partial charge in [-0.1, -0.05) is 30.3 Å². The number of amides is 3. The lowest BCUT2D eigenvalue weighted by atomic mass is 9.98. The van der Waals surface area contributed by atoms with E-state index in [4.69, 9.17) is 19.9 Å². The third-order valence-electron chi connectivity index (χ3n) is 6.42. The van der Waals surface area contributed by atoms with E-state index in [1.165, 1.54) is 0 Å². The molecular weight excluding hydrogens is 512 g/mol. The molecular formula is C30H50N4O6. The highest BCUT2D eigenvalue weighted by atomic mass is 16.6. The lowest BCUT2D eigenvalue weighted by Gasteiger charge is -2.34. The van der Waals surface area contributed by atoms with Crippen LogP contribution in [0.1, 0.15) is 72.8 Å². The Labute approximate surface area is 239 Å². The maximum Gasteiger partial charge on any atom is 0.410 e. The summed E-state index contributed by atoms with van der Waals surface area (Å²) in [5.74, 6) is 0.650. The van der Waals surface area contributed by atoms with E-state index < -0.39 is 17.3 Å². The number of likely N-dealkylation sites (tertiary alicyclic amines) is 2. The first-order valence-corrected chi connectivity index (χ1v) is 14.4. The first-order chi connectivity index (χ1) is 18.8. The van der Waals surface area contributed by atoms with Crippen LogP contribution in [-0.2, 0) is 20.8 Å². The molecule has 2 aliphatic rings. The molecule has 1 aromatic rings. The van der Waals surface area contributed by atoms with Gasteiger partial charge in [0.1, 0.15) is 17.8 Å². The van der Waals surface area contributed by atoms with Crippen molar-refractivity contribution in [1.82, 2.24) is 15.1 Å². The molecule has 3 amide bonds. The average molecular weight is 563 g/mol. The molecule has 0 radical (unpaired) electrons. The molecule has 2 atom stereocenters. The molecule has 2 heterocycles. The van der Waals surface area contributed by atoms with Crippen LogP contribution in [0.4, 0.5) is 14.4 Å². The largest absolute Gasteiger partial charge is 0.445 e. The Morgan fingerprint density at radius 1 is 0.850 bits per heavy atom. The van der Waals surface area contributed by atoms with Gasteiger partial charge in [-0.25, -0.2) is 14.4 Å². The van der Waals surface area contributed by atoms with Crippen LogP contribution in [0.3, 0.4) is 0 Å². The second-order valence-corrected chi connectivity index (χ2v) is 12.5. The summed E-state index contributed by atoms with van der Waals surface area (Å²) in [5.41, 5.74) is 5.66. The Kier molecular flexibility index (Phi) is 13.0. The van der Waals surface area contributed by atoms with Gasteiger partial charge in [0.15, 0.2) is 0 Å². The second-order valence-electron chi connectivity index (χ2n) is 12.5. The zero-order valence-electron chi connectivity index (χ0n) is 25.2. The smallest absolute Gasteiger partial charge is 0.410 e. The van der Waals surface area contributed by atoms with Crippen LogP contribution in [0.5, 0.6) is 0 Å². The fourth-order valence-corrected chi connectivity index (χ4v) is 4.48. The maximum atomic E-state index is 12.1. The highest BCUT2D eigenvalue weighted by Gasteiger charge is 2.28. The van der Waals surface area contributed by atoms with Crippen LogP contribution < -0.4 is 11.1 Å². The number of hydrogen-bond donors (Lipinski definition) is 2. The van der Waals surface area contributed by atoms with Gasteiger partial charge in [-0.2, -0.15) is 0 Å². The van der Waals surface area contributed by atoms with Crippen molar-refractivity contribution in [2.24, 2.45) is 17.6 Å². The summed E-state index contributed by atoms with van der Waals surface area (Å²) < 4.78 is 15.9. The molecule has 3 N–H and O–H groups in total. The van der Waals surface area contributed by atoms with Gasteiger partial charge in [0, 0.05) is 32.7 Å². The van der Waals surface area contributed by atoms with Gasteiger partial charge in [0.25, 0.3) is 0 Å². The predicted molar refractivity (Wildman–Crippen MR) is 155 cm³/mol. The Bertz CT molecular complexity index is 928. The quantitative estimate of drug-likeness (QED) is 0.476. The van der Waals surface area contributed by atoms with Crippen molar-refractivity contribution in [3.63, 3.8) is 0 Å². The van der Waals surface area contributed by atoms with Crippen molar-refractivity contribution < 1.29 is 28.6 Å². The number of ether oxygens (including phenoxy) is 3. The fraction of sp³-hybridized carbons (Fsp3) is 0.700. The molecule has 0 aliphatic carbocycles. The maximum absolute atomic E-state index is 12.1. The van der Waals surface area contributed by atoms with E-state index in [-0.39, 0.29) is 24.7 Å². The molecule has 226 valence electrons. The number of hydrogen-bond acceptors (Lipinski definition) is 7. The van der Waals surface area contributed by atoms with Gasteiger partial charge in [-0.05, 0) is 91.2 Å². The van der Waals surface area contributed by atoms with E-state index in [1.54, 1.807) is 9.80 Å². The van der Waals surface area contributed by atoms with Crippen LogP contribution in [-0.4, -0.2) is 78.6 Å². The number of rotatable bonds is 5. The molecule has 10 nitrogen and oxygen atoms in total. The number of benzene rings is 1. The topological polar surface area (TPSA) is 123 Å². The van der Waals surface area contributed by atoms with Gasteiger partial charge >= 0.3 is 18.3 Å². The van der Waals surface area contributed by atoms with E-state index in [1.807, 2.05) is 71.9 Å². The summed E-state index contributed by atoms with van der Waals surface area (Å²) in [6.45, 7) is 15.5. The zero-order valence-corrected chi connectivity index (χ0v) is 25.2. The van der Waals surface area contributed by atoms with E-state index >= 15 is 0 Å². The molecule has 40 heavy (non-hydrogen) atoms. The Morgan fingerprint density at radius 3 is 1.85 bits per heavy atom.